The number of anilines is 2. The maximum Gasteiger partial charge on any atom is 0.248 e. The van der Waals surface area contributed by atoms with Gasteiger partial charge in [0.05, 0.1) is 12.1 Å². The molecule has 5 rings (SSSR count). The van der Waals surface area contributed by atoms with E-state index in [-0.39, 0.29) is 29.6 Å². The fourth-order valence-electron chi connectivity index (χ4n) is 4.67. The summed E-state index contributed by atoms with van der Waals surface area (Å²) in [5, 5.41) is 5.73. The average Bonchev–Trinajstić information content (AvgIpc) is 3.02. The van der Waals surface area contributed by atoms with Crippen LogP contribution in [0.4, 0.5) is 11.4 Å². The fourth-order valence-corrected chi connectivity index (χ4v) is 4.67. The van der Waals surface area contributed by atoms with Gasteiger partial charge in [0.2, 0.25) is 11.8 Å². The van der Waals surface area contributed by atoms with Crippen molar-refractivity contribution in [1.82, 2.24) is 0 Å². The molecule has 43 heavy (non-hydrogen) atoms. The zero-order valence-corrected chi connectivity index (χ0v) is 24.1. The third-order valence-corrected chi connectivity index (χ3v) is 7.03. The molecule has 0 aliphatic carbocycles. The summed E-state index contributed by atoms with van der Waals surface area (Å²) in [6.07, 6.45) is 3.39. The van der Waals surface area contributed by atoms with E-state index >= 15 is 0 Å². The van der Waals surface area contributed by atoms with Crippen molar-refractivity contribution in [3.63, 3.8) is 0 Å². The minimum atomic E-state index is -0.338. The van der Waals surface area contributed by atoms with Crippen LogP contribution in [0.25, 0.3) is 17.2 Å². The lowest BCUT2D eigenvalue weighted by Gasteiger charge is -2.13. The van der Waals surface area contributed by atoms with Gasteiger partial charge in [-0.25, -0.2) is 0 Å². The first-order chi connectivity index (χ1) is 20.8. The second-order valence-corrected chi connectivity index (χ2v) is 10.5. The summed E-state index contributed by atoms with van der Waals surface area (Å²) in [5.74, 6) is -0.834. The van der Waals surface area contributed by atoms with E-state index in [1.54, 1.807) is 48.5 Å². The Hall–Kier alpha value is -5.55. The van der Waals surface area contributed by atoms with Gasteiger partial charge in [-0.2, -0.15) is 0 Å². The topological polar surface area (TPSA) is 75.3 Å². The Labute approximate surface area is 251 Å². The fraction of sp³-hybridized carbons (Fsp3) is 0.0789. The summed E-state index contributed by atoms with van der Waals surface area (Å²) >= 11 is 0. The normalized spacial score (nSPS) is 10.8. The minimum absolute atomic E-state index is 0.174. The van der Waals surface area contributed by atoms with Crippen molar-refractivity contribution in [2.75, 3.05) is 10.6 Å². The van der Waals surface area contributed by atoms with E-state index < -0.39 is 0 Å². The van der Waals surface area contributed by atoms with E-state index in [4.69, 9.17) is 0 Å². The number of hydrogen-bond donors (Lipinski definition) is 2. The third kappa shape index (κ3) is 7.80. The Morgan fingerprint density at radius 2 is 1.35 bits per heavy atom. The molecule has 0 aliphatic heterocycles. The van der Waals surface area contributed by atoms with Crippen LogP contribution in [0.15, 0.2) is 127 Å². The Morgan fingerprint density at radius 1 is 0.651 bits per heavy atom. The molecule has 0 fully saturated rings. The molecule has 0 saturated heterocycles. The zero-order valence-electron chi connectivity index (χ0n) is 24.1. The molecular formula is C38H32N2O3. The van der Waals surface area contributed by atoms with Gasteiger partial charge in [0.25, 0.3) is 0 Å². The lowest BCUT2D eigenvalue weighted by Crippen LogP contribution is -2.18. The monoisotopic (exact) mass is 564 g/mol. The summed E-state index contributed by atoms with van der Waals surface area (Å²) in [7, 11) is 0. The van der Waals surface area contributed by atoms with Crippen LogP contribution in [0.3, 0.4) is 0 Å². The molecule has 0 heterocycles. The molecule has 2 N–H and O–H groups in total. The van der Waals surface area contributed by atoms with E-state index in [1.807, 2.05) is 61.5 Å². The summed E-state index contributed by atoms with van der Waals surface area (Å²) in [6, 6.07) is 37.8. The smallest absolute Gasteiger partial charge is 0.248 e. The van der Waals surface area contributed by atoms with E-state index in [1.165, 1.54) is 11.6 Å². The third-order valence-electron chi connectivity index (χ3n) is 7.03. The molecule has 0 saturated carbocycles. The summed E-state index contributed by atoms with van der Waals surface area (Å²) in [4.78, 5) is 39.2. The lowest BCUT2D eigenvalue weighted by atomic mass is 10.0. The Balaban J connectivity index is 1.33. The number of aryl methyl sites for hydroxylation is 2. The predicted octanol–water partition coefficient (Wildman–Crippen LogP) is 8.03. The van der Waals surface area contributed by atoms with E-state index in [2.05, 4.69) is 41.8 Å². The molecule has 0 bridgehead atoms. The second-order valence-electron chi connectivity index (χ2n) is 10.5. The van der Waals surface area contributed by atoms with Gasteiger partial charge < -0.3 is 10.6 Å². The summed E-state index contributed by atoms with van der Waals surface area (Å²) in [5.41, 5.74) is 7.83. The van der Waals surface area contributed by atoms with Crippen molar-refractivity contribution in [3.05, 3.63) is 161 Å². The lowest BCUT2D eigenvalue weighted by molar-refractivity contribution is -0.115. The molecule has 0 aromatic heterocycles. The first-order valence-corrected chi connectivity index (χ1v) is 14.1. The van der Waals surface area contributed by atoms with Crippen molar-refractivity contribution in [1.29, 1.82) is 0 Å². The molecule has 5 heteroatoms. The number of benzene rings is 5. The Bertz CT molecular complexity index is 1790. The molecule has 0 radical (unpaired) electrons. The average molecular weight is 565 g/mol. The number of amides is 2. The van der Waals surface area contributed by atoms with Crippen LogP contribution >= 0.6 is 0 Å². The highest BCUT2D eigenvalue weighted by molar-refractivity contribution is 6.15. The van der Waals surface area contributed by atoms with Gasteiger partial charge in [-0.1, -0.05) is 108 Å². The molecule has 0 aliphatic rings. The number of carbonyl (C=O) groups is 3. The van der Waals surface area contributed by atoms with Crippen molar-refractivity contribution in [2.24, 2.45) is 0 Å². The molecule has 212 valence electrons. The Morgan fingerprint density at radius 3 is 2.07 bits per heavy atom. The number of hydrogen-bond acceptors (Lipinski definition) is 3. The molecule has 5 aromatic carbocycles. The number of carbonyl (C=O) groups excluding carboxylic acids is 3. The highest BCUT2D eigenvalue weighted by atomic mass is 16.2. The van der Waals surface area contributed by atoms with Gasteiger partial charge in [0, 0.05) is 22.9 Å². The molecule has 0 spiro atoms. The van der Waals surface area contributed by atoms with Gasteiger partial charge in [-0.05, 0) is 66.4 Å². The highest BCUT2D eigenvalue weighted by Gasteiger charge is 2.17. The summed E-state index contributed by atoms with van der Waals surface area (Å²) in [6.45, 7) is 4.05. The molecule has 2 amide bonds. The summed E-state index contributed by atoms with van der Waals surface area (Å²) < 4.78 is 0. The largest absolute Gasteiger partial charge is 0.325 e. The van der Waals surface area contributed by atoms with Gasteiger partial charge in [-0.3, -0.25) is 14.4 Å². The van der Waals surface area contributed by atoms with Crippen molar-refractivity contribution in [2.45, 2.75) is 20.3 Å². The molecule has 5 nitrogen and oxygen atoms in total. The number of rotatable bonds is 9. The van der Waals surface area contributed by atoms with Gasteiger partial charge in [0.1, 0.15) is 0 Å². The van der Waals surface area contributed by atoms with Gasteiger partial charge in [0.15, 0.2) is 5.78 Å². The van der Waals surface area contributed by atoms with Crippen molar-refractivity contribution in [3.8, 4) is 11.1 Å². The molecular weight excluding hydrogens is 532 g/mol. The van der Waals surface area contributed by atoms with Crippen molar-refractivity contribution >= 4 is 35.0 Å². The molecule has 0 unspecified atom stereocenters. The highest BCUT2D eigenvalue weighted by Crippen LogP contribution is 2.25. The Kier molecular flexibility index (Phi) is 9.03. The van der Waals surface area contributed by atoms with Crippen LogP contribution in [0.2, 0.25) is 0 Å². The second kappa shape index (κ2) is 13.4. The van der Waals surface area contributed by atoms with E-state index in [0.29, 0.717) is 16.9 Å². The quantitative estimate of drug-likeness (QED) is 0.141. The molecule has 0 atom stereocenters. The van der Waals surface area contributed by atoms with Gasteiger partial charge >= 0.3 is 0 Å². The van der Waals surface area contributed by atoms with Crippen LogP contribution in [0.5, 0.6) is 0 Å². The SMILES string of the molecule is Cc1ccc(CC(=O)Nc2ccc(NC(=O)/C=C/c3cccc(-c4ccc(C)cc4)c3)cc2C(=O)c2ccccc2)cc1. The maximum atomic E-state index is 13.5. The first kappa shape index (κ1) is 29.0. The van der Waals surface area contributed by atoms with Crippen LogP contribution in [-0.2, 0) is 16.0 Å². The number of ketones is 1. The first-order valence-electron chi connectivity index (χ1n) is 14.1. The van der Waals surface area contributed by atoms with Crippen LogP contribution in [0.1, 0.15) is 38.2 Å². The van der Waals surface area contributed by atoms with E-state index in [0.717, 1.165) is 27.8 Å². The van der Waals surface area contributed by atoms with E-state index in [9.17, 15) is 14.4 Å². The van der Waals surface area contributed by atoms with Crippen molar-refractivity contribution < 1.29 is 14.4 Å². The maximum absolute atomic E-state index is 13.5. The zero-order chi connectivity index (χ0) is 30.2. The number of nitrogens with one attached hydrogen (secondary N) is 2. The molecule has 5 aromatic rings. The minimum Gasteiger partial charge on any atom is -0.325 e. The van der Waals surface area contributed by atoms with Crippen LogP contribution < -0.4 is 10.6 Å². The predicted molar refractivity (Wildman–Crippen MR) is 174 cm³/mol. The van der Waals surface area contributed by atoms with Crippen LogP contribution in [-0.4, -0.2) is 17.6 Å². The van der Waals surface area contributed by atoms with Gasteiger partial charge in [-0.15, -0.1) is 0 Å². The van der Waals surface area contributed by atoms with Crippen LogP contribution in [0, 0.1) is 13.8 Å². The standard InChI is InChI=1S/C38H32N2O3/c1-26-11-15-29(16-12-26)24-37(42)40-35-21-20-33(25-34(35)38(43)31-8-4-3-5-9-31)39-36(41)22-17-28-7-6-10-32(23-28)30-18-13-27(2)14-19-30/h3-23,25H,24H2,1-2H3,(H,39,41)(H,40,42)/b22-17+.